The number of hydrogen-bond donors (Lipinski definition) is 1. The molecular formula is C27H20ClN2O2. The number of carbonyl (C=O) groups excluding carboxylic acids is 1. The second-order valence-electron chi connectivity index (χ2n) is 7.63. The zero-order valence-electron chi connectivity index (χ0n) is 17.4. The van der Waals surface area contributed by atoms with Crippen molar-refractivity contribution in [3.05, 3.63) is 101 Å². The molecule has 0 saturated carbocycles. The molecule has 1 radical (unpaired) electrons. The molecule has 1 heterocycles. The van der Waals surface area contributed by atoms with E-state index in [0.717, 1.165) is 38.5 Å². The van der Waals surface area contributed by atoms with Gasteiger partial charge in [0.2, 0.25) is 5.91 Å². The molecule has 0 bridgehead atoms. The van der Waals surface area contributed by atoms with Crippen molar-refractivity contribution in [3.8, 4) is 16.9 Å². The molecule has 32 heavy (non-hydrogen) atoms. The summed E-state index contributed by atoms with van der Waals surface area (Å²) in [5.41, 5.74) is 11.3. The SMILES string of the molecule is COc1ccc(Cn2c3cc(-c4ccccc4)c[c]c3c3c(C(N)=O)cccc32)cc1Cl. The van der Waals surface area contributed by atoms with Gasteiger partial charge in [-0.3, -0.25) is 4.79 Å². The van der Waals surface area contributed by atoms with Crippen LogP contribution in [0.4, 0.5) is 0 Å². The van der Waals surface area contributed by atoms with Gasteiger partial charge in [-0.1, -0.05) is 54.1 Å². The third-order valence-corrected chi connectivity index (χ3v) is 6.02. The van der Waals surface area contributed by atoms with Crippen LogP contribution in [0.5, 0.6) is 5.75 Å². The van der Waals surface area contributed by atoms with Crippen LogP contribution in [-0.2, 0) is 6.54 Å². The van der Waals surface area contributed by atoms with Gasteiger partial charge in [0.1, 0.15) is 5.75 Å². The van der Waals surface area contributed by atoms with Crippen LogP contribution >= 0.6 is 11.6 Å². The summed E-state index contributed by atoms with van der Waals surface area (Å²) >= 11 is 6.38. The van der Waals surface area contributed by atoms with Gasteiger partial charge in [-0.2, -0.15) is 0 Å². The predicted molar refractivity (Wildman–Crippen MR) is 129 cm³/mol. The number of primary amides is 1. The minimum atomic E-state index is -0.456. The molecule has 2 N–H and O–H groups in total. The molecule has 4 aromatic carbocycles. The lowest BCUT2D eigenvalue weighted by atomic mass is 10.0. The second kappa shape index (κ2) is 8.06. The quantitative estimate of drug-likeness (QED) is 0.361. The van der Waals surface area contributed by atoms with E-state index in [4.69, 9.17) is 22.1 Å². The monoisotopic (exact) mass is 439 g/mol. The molecule has 0 spiro atoms. The molecule has 1 amide bonds. The molecule has 157 valence electrons. The molecule has 4 nitrogen and oxygen atoms in total. The van der Waals surface area contributed by atoms with Gasteiger partial charge in [-0.25, -0.2) is 0 Å². The van der Waals surface area contributed by atoms with Gasteiger partial charge in [0, 0.05) is 22.9 Å². The standard InChI is InChI=1S/C27H20ClN2O2/c1-32-25-13-10-17(14-22(25)28)16-30-23-9-5-8-21(27(29)31)26(23)20-12-11-19(15-24(20)30)18-6-3-2-4-7-18/h2-11,13-15H,16H2,1H3,(H2,29,31). The summed E-state index contributed by atoms with van der Waals surface area (Å²) in [5.74, 6) is 0.177. The average molecular weight is 440 g/mol. The largest absolute Gasteiger partial charge is 0.495 e. The Morgan fingerprint density at radius 3 is 2.53 bits per heavy atom. The lowest BCUT2D eigenvalue weighted by molar-refractivity contribution is 0.100. The highest BCUT2D eigenvalue weighted by Gasteiger charge is 2.18. The van der Waals surface area contributed by atoms with Gasteiger partial charge >= 0.3 is 0 Å². The molecule has 0 aliphatic carbocycles. The van der Waals surface area contributed by atoms with Gasteiger partial charge in [-0.15, -0.1) is 0 Å². The van der Waals surface area contributed by atoms with Crippen LogP contribution in [0.15, 0.2) is 78.9 Å². The summed E-state index contributed by atoms with van der Waals surface area (Å²) in [6.07, 6.45) is 0. The molecule has 0 atom stereocenters. The van der Waals surface area contributed by atoms with Crippen molar-refractivity contribution in [1.82, 2.24) is 4.57 Å². The number of carbonyl (C=O) groups is 1. The first-order valence-corrected chi connectivity index (χ1v) is 10.6. The fourth-order valence-electron chi connectivity index (χ4n) is 4.22. The van der Waals surface area contributed by atoms with Gasteiger partial charge in [0.05, 0.1) is 23.2 Å². The Morgan fingerprint density at radius 2 is 1.81 bits per heavy atom. The predicted octanol–water partition coefficient (Wildman–Crippen LogP) is 6.07. The zero-order chi connectivity index (χ0) is 22.2. The van der Waals surface area contributed by atoms with Crippen molar-refractivity contribution in [3.63, 3.8) is 0 Å². The van der Waals surface area contributed by atoms with Crippen molar-refractivity contribution in [1.29, 1.82) is 0 Å². The van der Waals surface area contributed by atoms with E-state index in [9.17, 15) is 4.79 Å². The van der Waals surface area contributed by atoms with Crippen molar-refractivity contribution < 1.29 is 9.53 Å². The summed E-state index contributed by atoms with van der Waals surface area (Å²) < 4.78 is 7.47. The van der Waals surface area contributed by atoms with Crippen molar-refractivity contribution >= 4 is 39.3 Å². The molecule has 5 aromatic rings. The fraction of sp³-hybridized carbons (Fsp3) is 0.0741. The summed E-state index contributed by atoms with van der Waals surface area (Å²) in [6, 6.07) is 29.1. The van der Waals surface area contributed by atoms with E-state index in [-0.39, 0.29) is 0 Å². The van der Waals surface area contributed by atoms with Crippen LogP contribution in [0, 0.1) is 6.07 Å². The number of benzene rings is 4. The first kappa shape index (κ1) is 20.2. The number of halogens is 1. The number of nitrogens with zero attached hydrogens (tertiary/aromatic N) is 1. The molecule has 0 aliphatic heterocycles. The fourth-order valence-corrected chi connectivity index (χ4v) is 4.50. The highest BCUT2D eigenvalue weighted by molar-refractivity contribution is 6.32. The molecule has 5 rings (SSSR count). The van der Waals surface area contributed by atoms with E-state index in [1.165, 1.54) is 0 Å². The third-order valence-electron chi connectivity index (χ3n) is 5.72. The number of aromatic nitrogens is 1. The number of methoxy groups -OCH3 is 1. The number of ether oxygens (including phenoxy) is 1. The topological polar surface area (TPSA) is 57.2 Å². The highest BCUT2D eigenvalue weighted by Crippen LogP contribution is 2.35. The van der Waals surface area contributed by atoms with E-state index in [1.807, 2.05) is 54.6 Å². The lowest BCUT2D eigenvalue weighted by Gasteiger charge is -2.11. The first-order valence-electron chi connectivity index (χ1n) is 10.2. The summed E-state index contributed by atoms with van der Waals surface area (Å²) in [7, 11) is 1.60. The maximum atomic E-state index is 12.2. The van der Waals surface area contributed by atoms with Crippen LogP contribution in [-0.4, -0.2) is 17.6 Å². The Morgan fingerprint density at radius 1 is 1.00 bits per heavy atom. The summed E-state index contributed by atoms with van der Waals surface area (Å²) in [4.78, 5) is 12.2. The Balaban J connectivity index is 1.77. The van der Waals surface area contributed by atoms with Crippen LogP contribution in [0.1, 0.15) is 15.9 Å². The molecule has 0 aliphatic rings. The number of nitrogens with two attached hydrogens (primary N) is 1. The molecule has 0 unspecified atom stereocenters. The third kappa shape index (κ3) is 3.39. The van der Waals surface area contributed by atoms with E-state index in [0.29, 0.717) is 22.9 Å². The molecule has 0 fully saturated rings. The van der Waals surface area contributed by atoms with Crippen molar-refractivity contribution in [2.24, 2.45) is 5.73 Å². The van der Waals surface area contributed by atoms with Crippen LogP contribution in [0.3, 0.4) is 0 Å². The van der Waals surface area contributed by atoms with Gasteiger partial charge < -0.3 is 15.0 Å². The first-order chi connectivity index (χ1) is 15.6. The summed E-state index contributed by atoms with van der Waals surface area (Å²) in [6.45, 7) is 0.567. The number of rotatable bonds is 5. The highest BCUT2D eigenvalue weighted by atomic mass is 35.5. The van der Waals surface area contributed by atoms with Gasteiger partial charge in [0.25, 0.3) is 0 Å². The number of hydrogen-bond acceptors (Lipinski definition) is 2. The van der Waals surface area contributed by atoms with Gasteiger partial charge in [0.15, 0.2) is 0 Å². The lowest BCUT2D eigenvalue weighted by Crippen LogP contribution is -2.11. The average Bonchev–Trinajstić information content (AvgIpc) is 3.12. The maximum absolute atomic E-state index is 12.2. The molecule has 5 heteroatoms. The summed E-state index contributed by atoms with van der Waals surface area (Å²) in [5, 5.41) is 2.24. The Labute approximate surface area is 190 Å². The van der Waals surface area contributed by atoms with Crippen LogP contribution < -0.4 is 10.5 Å². The van der Waals surface area contributed by atoms with Crippen LogP contribution in [0.25, 0.3) is 32.9 Å². The Hall–Kier alpha value is -3.76. The number of fused-ring (bicyclic) bond motifs is 3. The normalized spacial score (nSPS) is 11.2. The Kier molecular flexibility index (Phi) is 5.08. The Bertz CT molecular complexity index is 1470. The molecular weight excluding hydrogens is 420 g/mol. The van der Waals surface area contributed by atoms with E-state index >= 15 is 0 Å². The van der Waals surface area contributed by atoms with E-state index < -0.39 is 5.91 Å². The minimum Gasteiger partial charge on any atom is -0.495 e. The van der Waals surface area contributed by atoms with Crippen molar-refractivity contribution in [2.45, 2.75) is 6.54 Å². The second-order valence-corrected chi connectivity index (χ2v) is 8.04. The molecule has 0 saturated heterocycles. The van der Waals surface area contributed by atoms with E-state index in [2.05, 4.69) is 28.8 Å². The smallest absolute Gasteiger partial charge is 0.249 e. The molecule has 1 aromatic heterocycles. The van der Waals surface area contributed by atoms with Crippen molar-refractivity contribution in [2.75, 3.05) is 7.11 Å². The maximum Gasteiger partial charge on any atom is 0.249 e. The number of amides is 1. The van der Waals surface area contributed by atoms with Gasteiger partial charge in [-0.05, 0) is 59.2 Å². The minimum absolute atomic E-state index is 0.456. The van der Waals surface area contributed by atoms with E-state index in [1.54, 1.807) is 13.2 Å². The zero-order valence-corrected chi connectivity index (χ0v) is 18.2. The van der Waals surface area contributed by atoms with Crippen LogP contribution in [0.2, 0.25) is 5.02 Å².